The van der Waals surface area contributed by atoms with Gasteiger partial charge in [0, 0.05) is 0 Å². The van der Waals surface area contributed by atoms with Crippen LogP contribution < -0.4 is 0 Å². The fraction of sp³-hybridized carbons (Fsp3) is 0.941. The van der Waals surface area contributed by atoms with Gasteiger partial charge in [-0.3, -0.25) is 0 Å². The molecule has 3 nitrogen and oxygen atoms in total. The van der Waals surface area contributed by atoms with Crippen LogP contribution in [0.4, 0.5) is 0 Å². The number of unbranched alkanes of at least 4 members (excludes halogenated alkanes) is 10. The van der Waals surface area contributed by atoms with Crippen molar-refractivity contribution in [2.45, 2.75) is 102 Å². The van der Waals surface area contributed by atoms with Gasteiger partial charge in [0.1, 0.15) is 12.2 Å². The molecule has 0 aromatic carbocycles. The molecule has 2 fully saturated rings. The Balaban J connectivity index is 1.32. The van der Waals surface area contributed by atoms with Crippen LogP contribution >= 0.6 is 0 Å². The van der Waals surface area contributed by atoms with E-state index in [9.17, 15) is 4.79 Å². The first-order chi connectivity index (χ1) is 9.83. The molecule has 0 N–H and O–H groups in total. The second-order valence-corrected chi connectivity index (χ2v) is 6.32. The fourth-order valence-electron chi connectivity index (χ4n) is 3.11. The van der Waals surface area contributed by atoms with E-state index in [-0.39, 0.29) is 24.3 Å². The summed E-state index contributed by atoms with van der Waals surface area (Å²) in [5, 5.41) is 0. The standard InChI is InChI=1S/C17H30O3/c1-2-3-4-5-6-7-8-9-10-11-12-13-14-15-16(20-15)17(18)19-14/h14-16H,2-13H2,1H3/t14?,15-,16-/m0/s1. The maximum absolute atomic E-state index is 11.2. The Morgan fingerprint density at radius 3 is 1.85 bits per heavy atom. The Morgan fingerprint density at radius 1 is 0.850 bits per heavy atom. The third-order valence-electron chi connectivity index (χ3n) is 4.48. The normalized spacial score (nSPS) is 27.4. The van der Waals surface area contributed by atoms with Crippen LogP contribution in [0.2, 0.25) is 0 Å². The number of esters is 1. The number of ether oxygens (including phenoxy) is 2. The average Bonchev–Trinajstić information content (AvgIpc) is 3.18. The van der Waals surface area contributed by atoms with E-state index in [1.165, 1.54) is 70.6 Å². The summed E-state index contributed by atoms with van der Waals surface area (Å²) in [7, 11) is 0. The molecule has 0 radical (unpaired) electrons. The summed E-state index contributed by atoms with van der Waals surface area (Å²) in [5.41, 5.74) is 0. The summed E-state index contributed by atoms with van der Waals surface area (Å²) in [6.45, 7) is 2.27. The molecule has 3 atom stereocenters. The molecule has 2 aliphatic rings. The van der Waals surface area contributed by atoms with Crippen molar-refractivity contribution >= 4 is 5.97 Å². The molecule has 2 aliphatic heterocycles. The van der Waals surface area contributed by atoms with Gasteiger partial charge in [0.2, 0.25) is 0 Å². The lowest BCUT2D eigenvalue weighted by atomic mass is 10.0. The van der Waals surface area contributed by atoms with Crippen molar-refractivity contribution in [1.82, 2.24) is 0 Å². The van der Waals surface area contributed by atoms with Crippen LogP contribution in [-0.4, -0.2) is 24.3 Å². The van der Waals surface area contributed by atoms with E-state index in [0.717, 1.165) is 6.42 Å². The first-order valence-electron chi connectivity index (χ1n) is 8.69. The van der Waals surface area contributed by atoms with Crippen LogP contribution in [0.1, 0.15) is 84.0 Å². The Hall–Kier alpha value is -0.570. The first kappa shape index (κ1) is 15.8. The van der Waals surface area contributed by atoms with E-state index >= 15 is 0 Å². The quantitative estimate of drug-likeness (QED) is 0.303. The van der Waals surface area contributed by atoms with Crippen LogP contribution in [0.5, 0.6) is 0 Å². The molecule has 3 heteroatoms. The molecule has 0 aromatic rings. The highest BCUT2D eigenvalue weighted by Crippen LogP contribution is 2.37. The highest BCUT2D eigenvalue weighted by atomic mass is 16.7. The monoisotopic (exact) mass is 282 g/mol. The van der Waals surface area contributed by atoms with Gasteiger partial charge in [0.25, 0.3) is 0 Å². The smallest absolute Gasteiger partial charge is 0.338 e. The zero-order chi connectivity index (χ0) is 14.2. The lowest BCUT2D eigenvalue weighted by Gasteiger charge is -2.10. The van der Waals surface area contributed by atoms with Gasteiger partial charge in [-0.25, -0.2) is 4.79 Å². The van der Waals surface area contributed by atoms with Gasteiger partial charge in [-0.1, -0.05) is 71.1 Å². The van der Waals surface area contributed by atoms with E-state index in [4.69, 9.17) is 9.47 Å². The number of carbonyl (C=O) groups excluding carboxylic acids is 1. The molecule has 0 aromatic heterocycles. The molecular weight excluding hydrogens is 252 g/mol. The Labute approximate surface area is 123 Å². The second kappa shape index (κ2) is 8.66. The number of carbonyl (C=O) groups is 1. The zero-order valence-electron chi connectivity index (χ0n) is 12.9. The third kappa shape index (κ3) is 5.08. The van der Waals surface area contributed by atoms with Gasteiger partial charge in [-0.05, 0) is 12.8 Å². The summed E-state index contributed by atoms with van der Waals surface area (Å²) in [6, 6.07) is 0. The van der Waals surface area contributed by atoms with Gasteiger partial charge in [-0.15, -0.1) is 0 Å². The number of epoxide rings is 1. The lowest BCUT2D eigenvalue weighted by Crippen LogP contribution is -2.15. The molecule has 2 saturated heterocycles. The molecule has 0 bridgehead atoms. The Bertz CT molecular complexity index is 290. The minimum absolute atomic E-state index is 0.0612. The van der Waals surface area contributed by atoms with Crippen molar-refractivity contribution in [1.29, 1.82) is 0 Å². The Kier molecular flexibility index (Phi) is 6.85. The van der Waals surface area contributed by atoms with Gasteiger partial charge in [-0.2, -0.15) is 0 Å². The minimum atomic E-state index is -0.201. The van der Waals surface area contributed by atoms with Crippen LogP contribution in [-0.2, 0) is 14.3 Å². The van der Waals surface area contributed by atoms with E-state index in [1.54, 1.807) is 0 Å². The highest BCUT2D eigenvalue weighted by molar-refractivity contribution is 5.81. The summed E-state index contributed by atoms with van der Waals surface area (Å²) < 4.78 is 10.5. The highest BCUT2D eigenvalue weighted by Gasteiger charge is 2.58. The maximum atomic E-state index is 11.2. The molecule has 116 valence electrons. The van der Waals surface area contributed by atoms with Crippen LogP contribution in [0.25, 0.3) is 0 Å². The van der Waals surface area contributed by atoms with E-state index in [0.29, 0.717) is 0 Å². The topological polar surface area (TPSA) is 38.8 Å². The summed E-state index contributed by atoms with van der Waals surface area (Å²) in [5.74, 6) is -0.136. The number of hydrogen-bond acceptors (Lipinski definition) is 3. The van der Waals surface area contributed by atoms with Crippen molar-refractivity contribution in [3.63, 3.8) is 0 Å². The van der Waals surface area contributed by atoms with Crippen molar-refractivity contribution in [3.8, 4) is 0 Å². The molecule has 0 aliphatic carbocycles. The van der Waals surface area contributed by atoms with Crippen LogP contribution in [0.15, 0.2) is 0 Å². The summed E-state index contributed by atoms with van der Waals surface area (Å²) in [4.78, 5) is 11.2. The summed E-state index contributed by atoms with van der Waals surface area (Å²) in [6.07, 6.45) is 15.9. The van der Waals surface area contributed by atoms with Crippen LogP contribution in [0.3, 0.4) is 0 Å². The Morgan fingerprint density at radius 2 is 1.40 bits per heavy atom. The maximum Gasteiger partial charge on any atom is 0.338 e. The molecule has 0 spiro atoms. The van der Waals surface area contributed by atoms with Crippen molar-refractivity contribution in [3.05, 3.63) is 0 Å². The van der Waals surface area contributed by atoms with Crippen molar-refractivity contribution in [2.24, 2.45) is 0 Å². The van der Waals surface area contributed by atoms with Gasteiger partial charge < -0.3 is 9.47 Å². The molecule has 2 heterocycles. The fourth-order valence-corrected chi connectivity index (χ4v) is 3.11. The first-order valence-corrected chi connectivity index (χ1v) is 8.69. The molecule has 0 saturated carbocycles. The number of hydrogen-bond donors (Lipinski definition) is 0. The molecule has 20 heavy (non-hydrogen) atoms. The average molecular weight is 282 g/mol. The van der Waals surface area contributed by atoms with E-state index in [1.807, 2.05) is 0 Å². The van der Waals surface area contributed by atoms with Crippen LogP contribution in [0, 0.1) is 0 Å². The SMILES string of the molecule is CCCCCCCCCCCCCC1OC(=O)[C@H]2O[C@@H]12. The van der Waals surface area contributed by atoms with Gasteiger partial charge >= 0.3 is 5.97 Å². The number of cyclic esters (lactones) is 1. The summed E-state index contributed by atoms with van der Waals surface area (Å²) >= 11 is 0. The number of rotatable bonds is 12. The van der Waals surface area contributed by atoms with Crippen molar-refractivity contribution in [2.75, 3.05) is 0 Å². The van der Waals surface area contributed by atoms with E-state index in [2.05, 4.69) is 6.92 Å². The molecule has 2 rings (SSSR count). The second-order valence-electron chi connectivity index (χ2n) is 6.32. The molecular formula is C17H30O3. The minimum Gasteiger partial charge on any atom is -0.457 e. The van der Waals surface area contributed by atoms with Gasteiger partial charge in [0.05, 0.1) is 0 Å². The van der Waals surface area contributed by atoms with Gasteiger partial charge in [0.15, 0.2) is 6.10 Å². The number of fused-ring (bicyclic) bond motifs is 1. The zero-order valence-corrected chi connectivity index (χ0v) is 12.9. The largest absolute Gasteiger partial charge is 0.457 e. The lowest BCUT2D eigenvalue weighted by molar-refractivity contribution is -0.149. The molecule has 1 unspecified atom stereocenters. The predicted molar refractivity (Wildman–Crippen MR) is 79.6 cm³/mol. The third-order valence-corrected chi connectivity index (χ3v) is 4.48. The molecule has 0 amide bonds. The van der Waals surface area contributed by atoms with E-state index < -0.39 is 0 Å². The van der Waals surface area contributed by atoms with Crippen molar-refractivity contribution < 1.29 is 14.3 Å². The predicted octanol–water partition coefficient (Wildman–Crippen LogP) is 4.38.